The van der Waals surface area contributed by atoms with Crippen molar-refractivity contribution in [3.63, 3.8) is 0 Å². The molecule has 2 aromatic carbocycles. The normalized spacial score (nSPS) is 11.2. The molecule has 0 fully saturated rings. The number of carbonyl (C=O) groups is 2. The van der Waals surface area contributed by atoms with Gasteiger partial charge < -0.3 is 16.0 Å². The molecule has 34 heavy (non-hydrogen) atoms. The molecular formula is C25H24ClN5O3. The first-order chi connectivity index (χ1) is 16.2. The summed E-state index contributed by atoms with van der Waals surface area (Å²) in [7, 11) is 0. The number of benzene rings is 2. The van der Waals surface area contributed by atoms with Gasteiger partial charge in [-0.1, -0.05) is 53.2 Å². The van der Waals surface area contributed by atoms with E-state index in [1.807, 2.05) is 38.1 Å². The highest BCUT2D eigenvalue weighted by Gasteiger charge is 2.22. The Balaban J connectivity index is 1.46. The van der Waals surface area contributed by atoms with E-state index in [1.54, 1.807) is 35.0 Å². The largest absolute Gasteiger partial charge is 0.383 e. The summed E-state index contributed by atoms with van der Waals surface area (Å²) in [6.07, 6.45) is 0.342. The number of amides is 1. The van der Waals surface area contributed by atoms with Gasteiger partial charge in [-0.05, 0) is 31.5 Å². The van der Waals surface area contributed by atoms with Crippen LogP contribution in [0.25, 0.3) is 22.5 Å². The standard InChI is InChI=1S/C25H24ClN5O3/c1-14(2)31-24(27)22(25(28)33)23(29-31)16-8-6-15(7-9-16)10-19(32)12-20-13-21(30-34-20)17-4-3-5-18(26)11-17/h3-9,11,13-14H,10,12,27H2,1-2H3,(H2,28,33). The quantitative estimate of drug-likeness (QED) is 0.385. The molecule has 0 atom stereocenters. The van der Waals surface area contributed by atoms with Gasteiger partial charge in [-0.15, -0.1) is 0 Å². The van der Waals surface area contributed by atoms with Gasteiger partial charge in [0.25, 0.3) is 5.91 Å². The van der Waals surface area contributed by atoms with Gasteiger partial charge in [-0.2, -0.15) is 5.10 Å². The molecule has 4 N–H and O–H groups in total. The minimum absolute atomic E-state index is 0.0206. The molecule has 0 spiro atoms. The number of ketones is 1. The number of Topliss-reactive ketones (excluding diaryl/α,β-unsaturated/α-hetero) is 1. The van der Waals surface area contributed by atoms with Gasteiger partial charge in [-0.25, -0.2) is 4.68 Å². The number of rotatable bonds is 8. The Hall–Kier alpha value is -3.91. The summed E-state index contributed by atoms with van der Waals surface area (Å²) in [6, 6.07) is 16.2. The van der Waals surface area contributed by atoms with Gasteiger partial charge in [0.1, 0.15) is 34.3 Å². The first-order valence-electron chi connectivity index (χ1n) is 10.7. The summed E-state index contributed by atoms with van der Waals surface area (Å²) in [5, 5.41) is 9.11. The first kappa shape index (κ1) is 23.3. The van der Waals surface area contributed by atoms with Gasteiger partial charge in [0.2, 0.25) is 0 Å². The van der Waals surface area contributed by atoms with Crippen molar-refractivity contribution in [1.82, 2.24) is 14.9 Å². The Bertz CT molecular complexity index is 1360. The summed E-state index contributed by atoms with van der Waals surface area (Å²) in [5.41, 5.74) is 15.2. The number of primary amides is 1. The van der Waals surface area contributed by atoms with Crippen molar-refractivity contribution in [1.29, 1.82) is 0 Å². The van der Waals surface area contributed by atoms with E-state index in [1.165, 1.54) is 0 Å². The fourth-order valence-corrected chi connectivity index (χ4v) is 3.92. The zero-order valence-corrected chi connectivity index (χ0v) is 19.5. The van der Waals surface area contributed by atoms with Crippen molar-refractivity contribution in [2.24, 2.45) is 5.73 Å². The van der Waals surface area contributed by atoms with E-state index in [9.17, 15) is 9.59 Å². The number of hydrogen-bond donors (Lipinski definition) is 2. The molecule has 1 amide bonds. The van der Waals surface area contributed by atoms with Crippen LogP contribution in [-0.4, -0.2) is 26.6 Å². The van der Waals surface area contributed by atoms with Gasteiger partial charge in [0.15, 0.2) is 0 Å². The Morgan fingerprint density at radius 1 is 1.06 bits per heavy atom. The number of halogens is 1. The fraction of sp³-hybridized carbons (Fsp3) is 0.200. The van der Waals surface area contributed by atoms with Crippen LogP contribution in [-0.2, 0) is 17.6 Å². The van der Waals surface area contributed by atoms with Crippen molar-refractivity contribution in [3.8, 4) is 22.5 Å². The zero-order valence-electron chi connectivity index (χ0n) is 18.8. The van der Waals surface area contributed by atoms with Crippen molar-refractivity contribution in [2.75, 3.05) is 5.73 Å². The molecule has 0 aliphatic carbocycles. The molecule has 0 radical (unpaired) electrons. The summed E-state index contributed by atoms with van der Waals surface area (Å²) in [4.78, 5) is 24.6. The monoisotopic (exact) mass is 477 g/mol. The number of nitrogens with zero attached hydrogens (tertiary/aromatic N) is 3. The molecule has 0 aliphatic heterocycles. The van der Waals surface area contributed by atoms with Crippen LogP contribution in [0.2, 0.25) is 5.02 Å². The average molecular weight is 478 g/mol. The maximum atomic E-state index is 12.6. The van der Waals surface area contributed by atoms with Gasteiger partial charge in [-0.3, -0.25) is 9.59 Å². The van der Waals surface area contributed by atoms with E-state index in [-0.39, 0.29) is 36.0 Å². The molecule has 9 heteroatoms. The third kappa shape index (κ3) is 4.87. The van der Waals surface area contributed by atoms with E-state index < -0.39 is 5.91 Å². The van der Waals surface area contributed by atoms with Crippen LogP contribution in [0.1, 0.15) is 41.6 Å². The molecule has 0 unspecified atom stereocenters. The van der Waals surface area contributed by atoms with E-state index in [0.29, 0.717) is 27.7 Å². The second-order valence-electron chi connectivity index (χ2n) is 8.29. The topological polar surface area (TPSA) is 130 Å². The molecule has 2 aromatic heterocycles. The molecule has 0 saturated heterocycles. The Morgan fingerprint density at radius 3 is 2.44 bits per heavy atom. The second-order valence-corrected chi connectivity index (χ2v) is 8.73. The summed E-state index contributed by atoms with van der Waals surface area (Å²) >= 11 is 6.03. The Kier molecular flexibility index (Phi) is 6.51. The van der Waals surface area contributed by atoms with Crippen LogP contribution in [0.5, 0.6) is 0 Å². The summed E-state index contributed by atoms with van der Waals surface area (Å²) < 4.78 is 6.90. The fourth-order valence-electron chi connectivity index (χ4n) is 3.73. The third-order valence-corrected chi connectivity index (χ3v) is 5.60. The SMILES string of the molecule is CC(C)n1nc(-c2ccc(CC(=O)Cc3cc(-c4cccc(Cl)c4)no3)cc2)c(C(N)=O)c1N. The van der Waals surface area contributed by atoms with Crippen molar-refractivity contribution < 1.29 is 14.1 Å². The lowest BCUT2D eigenvalue weighted by Gasteiger charge is -2.06. The van der Waals surface area contributed by atoms with E-state index >= 15 is 0 Å². The highest BCUT2D eigenvalue weighted by molar-refractivity contribution is 6.30. The highest BCUT2D eigenvalue weighted by Crippen LogP contribution is 2.29. The van der Waals surface area contributed by atoms with Crippen molar-refractivity contribution >= 4 is 29.1 Å². The lowest BCUT2D eigenvalue weighted by Crippen LogP contribution is -2.15. The van der Waals surface area contributed by atoms with Crippen LogP contribution in [0.15, 0.2) is 59.1 Å². The first-order valence-corrected chi connectivity index (χ1v) is 11.1. The Morgan fingerprint density at radius 2 is 1.79 bits per heavy atom. The van der Waals surface area contributed by atoms with Gasteiger partial charge >= 0.3 is 0 Å². The van der Waals surface area contributed by atoms with Crippen LogP contribution < -0.4 is 11.5 Å². The van der Waals surface area contributed by atoms with Crippen LogP contribution in [0.3, 0.4) is 0 Å². The molecule has 174 valence electrons. The number of hydrogen-bond acceptors (Lipinski definition) is 6. The number of nitrogen functional groups attached to an aromatic ring is 1. The molecule has 0 bridgehead atoms. The summed E-state index contributed by atoms with van der Waals surface area (Å²) in [5.74, 6) is 0.0638. The molecule has 0 aliphatic rings. The van der Waals surface area contributed by atoms with Gasteiger partial charge in [0.05, 0.1) is 6.42 Å². The summed E-state index contributed by atoms with van der Waals surface area (Å²) in [6.45, 7) is 3.83. The maximum Gasteiger partial charge on any atom is 0.254 e. The van der Waals surface area contributed by atoms with Crippen molar-refractivity contribution in [2.45, 2.75) is 32.7 Å². The third-order valence-electron chi connectivity index (χ3n) is 5.36. The number of aromatic nitrogens is 3. The molecule has 0 saturated carbocycles. The van der Waals surface area contributed by atoms with E-state index in [4.69, 9.17) is 27.6 Å². The Labute approximate surface area is 201 Å². The predicted molar refractivity (Wildman–Crippen MR) is 130 cm³/mol. The minimum Gasteiger partial charge on any atom is -0.383 e. The zero-order chi connectivity index (χ0) is 24.4. The van der Waals surface area contributed by atoms with Crippen LogP contribution in [0, 0.1) is 0 Å². The number of anilines is 1. The average Bonchev–Trinajstić information content (AvgIpc) is 3.38. The van der Waals surface area contributed by atoms with Crippen LogP contribution in [0.4, 0.5) is 5.82 Å². The van der Waals surface area contributed by atoms with Crippen LogP contribution >= 0.6 is 11.6 Å². The molecule has 4 aromatic rings. The second kappa shape index (κ2) is 9.52. The predicted octanol–water partition coefficient (Wildman–Crippen LogP) is 4.47. The van der Waals surface area contributed by atoms with E-state index in [0.717, 1.165) is 11.1 Å². The molecule has 8 nitrogen and oxygen atoms in total. The van der Waals surface area contributed by atoms with Crippen molar-refractivity contribution in [3.05, 3.63) is 76.5 Å². The number of nitrogens with two attached hydrogens (primary N) is 2. The highest BCUT2D eigenvalue weighted by atomic mass is 35.5. The lowest BCUT2D eigenvalue weighted by molar-refractivity contribution is -0.118. The molecular weight excluding hydrogens is 454 g/mol. The number of carbonyl (C=O) groups excluding carboxylic acids is 2. The van der Waals surface area contributed by atoms with E-state index in [2.05, 4.69) is 10.3 Å². The van der Waals surface area contributed by atoms with Gasteiger partial charge in [0, 0.05) is 34.7 Å². The minimum atomic E-state index is -0.636. The molecule has 2 heterocycles. The molecule has 4 rings (SSSR count). The lowest BCUT2D eigenvalue weighted by atomic mass is 10.0. The maximum absolute atomic E-state index is 12.6. The smallest absolute Gasteiger partial charge is 0.254 e.